The van der Waals surface area contributed by atoms with Crippen molar-refractivity contribution in [2.45, 2.75) is 48.8 Å². The molecule has 2 saturated carbocycles. The molecule has 4 unspecified atom stereocenters. The molecule has 0 radical (unpaired) electrons. The average molecular weight is 616 g/mol. The number of piperidine rings is 1. The molecule has 3 aromatic rings. The molecule has 3 amide bonds. The number of benzene rings is 2. The zero-order valence-electron chi connectivity index (χ0n) is 23.9. The monoisotopic (exact) mass is 615 g/mol. The van der Waals surface area contributed by atoms with Gasteiger partial charge in [0.2, 0.25) is 11.8 Å². The first-order valence-electron chi connectivity index (χ1n) is 15.2. The van der Waals surface area contributed by atoms with Gasteiger partial charge in [-0.05, 0) is 68.6 Å². The number of thioether (sulfide) groups is 1. The van der Waals surface area contributed by atoms with Crippen molar-refractivity contribution < 1.29 is 19.1 Å². The number of hydrogen-bond donors (Lipinski definition) is 1. The number of aromatic nitrogens is 1. The highest BCUT2D eigenvalue weighted by Gasteiger charge is 2.69. The molecule has 2 aromatic carbocycles. The van der Waals surface area contributed by atoms with Crippen molar-refractivity contribution in [1.29, 1.82) is 0 Å². The fourth-order valence-electron chi connectivity index (χ4n) is 8.56. The van der Waals surface area contributed by atoms with Crippen LogP contribution in [0.5, 0.6) is 5.75 Å². The van der Waals surface area contributed by atoms with Gasteiger partial charge in [-0.25, -0.2) is 0 Å². The van der Waals surface area contributed by atoms with Crippen LogP contribution in [0.2, 0.25) is 0 Å². The van der Waals surface area contributed by atoms with Crippen LogP contribution in [0.3, 0.4) is 0 Å². The Morgan fingerprint density at radius 3 is 2.44 bits per heavy atom. The van der Waals surface area contributed by atoms with Gasteiger partial charge in [-0.15, -0.1) is 11.8 Å². The quantitative estimate of drug-likeness (QED) is 0.414. The lowest BCUT2D eigenvalue weighted by Crippen LogP contribution is -2.43. The lowest BCUT2D eigenvalue weighted by atomic mass is 9.68. The standard InChI is InChI=1S/C33H33N3O5S2/c1-17-9-11-18(12-10-17)36-31(38)26-20-15-21(27(26)32(36)39)28-25(20)24(29-30(42-28)34-33(40)43-29)19-7-3-4-8-22(19)41-16-23(37)35-13-5-2-6-14-35/h3-4,7-12,20-21,24-28H,2,5-6,13-16H2,1H3,(H,34,40)/t20-,21-,24-,25?,26?,27?,28?/m1/s1. The van der Waals surface area contributed by atoms with Crippen LogP contribution in [-0.2, 0) is 14.4 Å². The van der Waals surface area contributed by atoms with E-state index < -0.39 is 0 Å². The molecule has 4 heterocycles. The Balaban J connectivity index is 1.15. The van der Waals surface area contributed by atoms with Crippen molar-refractivity contribution >= 4 is 46.5 Å². The number of nitrogens with zero attached hydrogens (tertiary/aromatic N) is 2. The normalized spacial score (nSPS) is 30.8. The highest BCUT2D eigenvalue weighted by molar-refractivity contribution is 8.00. The summed E-state index contributed by atoms with van der Waals surface area (Å²) >= 11 is 2.90. The maximum absolute atomic E-state index is 14.0. The van der Waals surface area contributed by atoms with E-state index in [4.69, 9.17) is 4.74 Å². The number of nitrogens with one attached hydrogen (secondary N) is 1. The Kier molecular flexibility index (Phi) is 6.56. The lowest BCUT2D eigenvalue weighted by molar-refractivity contribution is -0.134. The van der Waals surface area contributed by atoms with Crippen molar-refractivity contribution in [3.8, 4) is 5.75 Å². The van der Waals surface area contributed by atoms with E-state index in [1.807, 2.05) is 60.4 Å². The van der Waals surface area contributed by atoms with Crippen molar-refractivity contribution in [3.05, 3.63) is 74.2 Å². The Morgan fingerprint density at radius 1 is 0.953 bits per heavy atom. The van der Waals surface area contributed by atoms with E-state index in [-0.39, 0.29) is 70.0 Å². The number of H-pyrrole nitrogens is 1. The molecule has 8 nitrogen and oxygen atoms in total. The second kappa shape index (κ2) is 10.4. The number of amides is 3. The summed E-state index contributed by atoms with van der Waals surface area (Å²) in [5, 5.41) is 0.948. The summed E-state index contributed by atoms with van der Waals surface area (Å²) < 4.78 is 6.25. The summed E-state index contributed by atoms with van der Waals surface area (Å²) in [5.41, 5.74) is 2.66. The zero-order valence-corrected chi connectivity index (χ0v) is 25.5. The van der Waals surface area contributed by atoms with Gasteiger partial charge in [-0.3, -0.25) is 24.1 Å². The number of para-hydroxylation sites is 1. The molecule has 3 aliphatic heterocycles. The Morgan fingerprint density at radius 2 is 1.67 bits per heavy atom. The van der Waals surface area contributed by atoms with Crippen molar-refractivity contribution in [2.24, 2.45) is 29.6 Å². The third-order valence-corrected chi connectivity index (χ3v) is 12.9. The summed E-state index contributed by atoms with van der Waals surface area (Å²) in [5.74, 6) is -0.307. The largest absolute Gasteiger partial charge is 0.483 e. The smallest absolute Gasteiger partial charge is 0.305 e. The van der Waals surface area contributed by atoms with Crippen molar-refractivity contribution in [2.75, 3.05) is 24.6 Å². The first-order valence-corrected chi connectivity index (χ1v) is 16.9. The number of aryl methyl sites for hydroxylation is 1. The van der Waals surface area contributed by atoms with E-state index in [1.165, 1.54) is 16.2 Å². The van der Waals surface area contributed by atoms with Gasteiger partial charge in [0.1, 0.15) is 5.75 Å². The van der Waals surface area contributed by atoms with Gasteiger partial charge in [-0.2, -0.15) is 0 Å². The number of carbonyl (C=O) groups excluding carboxylic acids is 3. The maximum Gasteiger partial charge on any atom is 0.305 e. The van der Waals surface area contributed by atoms with E-state index >= 15 is 0 Å². The van der Waals surface area contributed by atoms with E-state index in [0.29, 0.717) is 11.4 Å². The van der Waals surface area contributed by atoms with Crippen molar-refractivity contribution in [3.63, 3.8) is 0 Å². The maximum atomic E-state index is 14.0. The SMILES string of the molecule is Cc1ccc(N2C(=O)C3C(C2=O)[C@@H]2C[C@H]3C3Sc4[nH]c(=O)sc4[C@H](c4ccccc4OCC(=O)N4CCCCC4)C32)cc1. The second-order valence-corrected chi connectivity index (χ2v) is 14.8. The first kappa shape index (κ1) is 27.2. The fraction of sp³-hybridized carbons (Fsp3) is 0.455. The number of ether oxygens (including phenoxy) is 1. The first-order chi connectivity index (χ1) is 20.9. The Bertz CT molecular complexity index is 1680. The molecule has 10 heteroatoms. The minimum absolute atomic E-state index is 0.00685. The van der Waals surface area contributed by atoms with Crippen LogP contribution in [0, 0.1) is 36.5 Å². The molecule has 1 aromatic heterocycles. The third-order valence-electron chi connectivity index (χ3n) is 10.3. The summed E-state index contributed by atoms with van der Waals surface area (Å²) in [7, 11) is 0. The summed E-state index contributed by atoms with van der Waals surface area (Å²) in [6, 6.07) is 15.4. The fourth-order valence-corrected chi connectivity index (χ4v) is 11.4. The van der Waals surface area contributed by atoms with Crippen LogP contribution >= 0.6 is 23.1 Å². The zero-order chi connectivity index (χ0) is 29.4. The van der Waals surface area contributed by atoms with Gasteiger partial charge in [0.05, 0.1) is 22.5 Å². The van der Waals surface area contributed by atoms with E-state index in [1.54, 1.807) is 11.8 Å². The predicted octanol–water partition coefficient (Wildman–Crippen LogP) is 4.81. The Labute approximate surface area is 257 Å². The van der Waals surface area contributed by atoms with Gasteiger partial charge < -0.3 is 14.6 Å². The molecule has 7 atom stereocenters. The van der Waals surface area contributed by atoms with Gasteiger partial charge >= 0.3 is 4.87 Å². The minimum atomic E-state index is -0.367. The van der Waals surface area contributed by atoms with Crippen LogP contribution in [0.1, 0.15) is 47.6 Å². The molecule has 222 valence electrons. The van der Waals surface area contributed by atoms with E-state index in [0.717, 1.165) is 59.8 Å². The van der Waals surface area contributed by atoms with Crippen LogP contribution in [0.15, 0.2) is 58.4 Å². The van der Waals surface area contributed by atoms with Crippen LogP contribution < -0.4 is 14.5 Å². The third kappa shape index (κ3) is 4.23. The topological polar surface area (TPSA) is 99.8 Å². The Hall–Kier alpha value is -3.37. The van der Waals surface area contributed by atoms with Gasteiger partial charge in [0.15, 0.2) is 6.61 Å². The number of fused-ring (bicyclic) bond motifs is 9. The number of likely N-dealkylation sites (tertiary alicyclic amines) is 1. The van der Waals surface area contributed by atoms with Crippen LogP contribution in [0.4, 0.5) is 5.69 Å². The molecule has 43 heavy (non-hydrogen) atoms. The molecule has 2 saturated heterocycles. The predicted molar refractivity (Wildman–Crippen MR) is 165 cm³/mol. The molecule has 4 fully saturated rings. The highest BCUT2D eigenvalue weighted by atomic mass is 32.2. The van der Waals surface area contributed by atoms with Crippen LogP contribution in [0.25, 0.3) is 0 Å². The summed E-state index contributed by atoms with van der Waals surface area (Å²) in [6.07, 6.45) is 4.02. The van der Waals surface area contributed by atoms with Gasteiger partial charge in [-0.1, -0.05) is 47.2 Å². The lowest BCUT2D eigenvalue weighted by Gasteiger charge is -2.43. The molecule has 5 aliphatic rings. The number of rotatable bonds is 5. The molecule has 2 bridgehead atoms. The number of aromatic amines is 1. The number of imide groups is 1. The number of hydrogen-bond acceptors (Lipinski definition) is 7. The number of anilines is 1. The van der Waals surface area contributed by atoms with E-state index in [9.17, 15) is 19.2 Å². The molecule has 1 N–H and O–H groups in total. The molecule has 8 rings (SSSR count). The summed E-state index contributed by atoms with van der Waals surface area (Å²) in [6.45, 7) is 3.50. The minimum Gasteiger partial charge on any atom is -0.483 e. The molecule has 0 spiro atoms. The molecular weight excluding hydrogens is 583 g/mol. The number of carbonyl (C=O) groups is 3. The molecule has 2 aliphatic carbocycles. The van der Waals surface area contributed by atoms with Gasteiger partial charge in [0, 0.05) is 34.7 Å². The van der Waals surface area contributed by atoms with Gasteiger partial charge in [0.25, 0.3) is 5.91 Å². The van der Waals surface area contributed by atoms with E-state index in [2.05, 4.69) is 4.98 Å². The summed E-state index contributed by atoms with van der Waals surface area (Å²) in [4.78, 5) is 60.8. The average Bonchev–Trinajstić information content (AvgIpc) is 3.76. The molecular formula is C33H33N3O5S2. The highest BCUT2D eigenvalue weighted by Crippen LogP contribution is 2.69. The second-order valence-electron chi connectivity index (χ2n) is 12.6. The number of thiazole rings is 1. The van der Waals surface area contributed by atoms with Crippen LogP contribution in [-0.4, -0.2) is 52.6 Å². The van der Waals surface area contributed by atoms with Crippen molar-refractivity contribution in [1.82, 2.24) is 9.88 Å².